The minimum absolute atomic E-state index is 0.272. The second-order valence-electron chi connectivity index (χ2n) is 8.20. The fourth-order valence-corrected chi connectivity index (χ4v) is 5.76. The number of piperidine rings is 1. The predicted octanol–water partition coefficient (Wildman–Crippen LogP) is 5.07. The molecule has 2 aromatic carbocycles. The molecule has 1 spiro atoms. The third-order valence-electron chi connectivity index (χ3n) is 6.12. The van der Waals surface area contributed by atoms with Gasteiger partial charge in [-0.2, -0.15) is 0 Å². The molecule has 1 aromatic heterocycles. The number of fused-ring (bicyclic) bond motifs is 1. The molecule has 0 radical (unpaired) electrons. The van der Waals surface area contributed by atoms with Crippen molar-refractivity contribution in [2.75, 3.05) is 31.1 Å². The molecule has 2 saturated heterocycles. The second kappa shape index (κ2) is 7.08. The first-order valence-electron chi connectivity index (χ1n) is 9.87. The molecule has 6 heteroatoms. The first kappa shape index (κ1) is 18.0. The number of thiazole rings is 1. The number of hydrogen-bond donors (Lipinski definition) is 0. The number of likely N-dealkylation sites (tertiary alicyclic amines) is 1. The summed E-state index contributed by atoms with van der Waals surface area (Å²) in [5, 5.41) is 1.12. The first-order chi connectivity index (χ1) is 13.6. The van der Waals surface area contributed by atoms with Crippen LogP contribution in [-0.2, 0) is 6.54 Å². The molecule has 0 bridgehead atoms. The van der Waals surface area contributed by atoms with Crippen LogP contribution in [0.4, 0.5) is 13.9 Å². The van der Waals surface area contributed by atoms with E-state index in [9.17, 15) is 8.78 Å². The van der Waals surface area contributed by atoms with Crippen molar-refractivity contribution in [1.82, 2.24) is 9.88 Å². The summed E-state index contributed by atoms with van der Waals surface area (Å²) in [6.45, 7) is 4.77. The summed E-state index contributed by atoms with van der Waals surface area (Å²) < 4.78 is 28.0. The number of para-hydroxylation sites is 1. The van der Waals surface area contributed by atoms with Gasteiger partial charge in [-0.15, -0.1) is 0 Å². The Balaban J connectivity index is 1.29. The fourth-order valence-electron chi connectivity index (χ4n) is 4.77. The molecular formula is C22H23F2N3S. The maximum absolute atomic E-state index is 13.5. The van der Waals surface area contributed by atoms with Crippen LogP contribution in [0.1, 0.15) is 24.8 Å². The van der Waals surface area contributed by atoms with E-state index >= 15 is 0 Å². The Morgan fingerprint density at radius 2 is 1.89 bits per heavy atom. The zero-order valence-electron chi connectivity index (χ0n) is 15.7. The molecule has 0 aliphatic carbocycles. The summed E-state index contributed by atoms with van der Waals surface area (Å²) in [5.41, 5.74) is 2.19. The van der Waals surface area contributed by atoms with Crippen molar-refractivity contribution in [2.45, 2.75) is 25.8 Å². The monoisotopic (exact) mass is 399 g/mol. The van der Waals surface area contributed by atoms with Crippen LogP contribution in [0.5, 0.6) is 0 Å². The number of hydrogen-bond acceptors (Lipinski definition) is 4. The average Bonchev–Trinajstić information content (AvgIpc) is 3.29. The summed E-state index contributed by atoms with van der Waals surface area (Å²) >= 11 is 1.77. The van der Waals surface area contributed by atoms with Crippen LogP contribution in [0.25, 0.3) is 10.2 Å². The van der Waals surface area contributed by atoms with Gasteiger partial charge in [-0.25, -0.2) is 13.8 Å². The quantitative estimate of drug-likeness (QED) is 0.613. The van der Waals surface area contributed by atoms with Gasteiger partial charge in [0.1, 0.15) is 0 Å². The highest BCUT2D eigenvalue weighted by Crippen LogP contribution is 2.42. The fraction of sp³-hybridized carbons (Fsp3) is 0.409. The highest BCUT2D eigenvalue weighted by Gasteiger charge is 2.42. The van der Waals surface area contributed by atoms with Crippen LogP contribution < -0.4 is 4.90 Å². The van der Waals surface area contributed by atoms with E-state index in [0.29, 0.717) is 6.54 Å². The molecule has 3 heterocycles. The topological polar surface area (TPSA) is 19.4 Å². The Morgan fingerprint density at radius 1 is 1.00 bits per heavy atom. The average molecular weight is 400 g/mol. The highest BCUT2D eigenvalue weighted by molar-refractivity contribution is 7.22. The van der Waals surface area contributed by atoms with E-state index in [-0.39, 0.29) is 5.41 Å². The molecule has 28 heavy (non-hydrogen) atoms. The van der Waals surface area contributed by atoms with Gasteiger partial charge < -0.3 is 4.90 Å². The molecule has 3 nitrogen and oxygen atoms in total. The van der Waals surface area contributed by atoms with E-state index in [0.717, 1.165) is 55.2 Å². The normalized spacial score (nSPS) is 23.1. The summed E-state index contributed by atoms with van der Waals surface area (Å²) in [7, 11) is 0. The number of halogens is 2. The van der Waals surface area contributed by atoms with E-state index in [1.165, 1.54) is 23.3 Å². The van der Waals surface area contributed by atoms with Crippen molar-refractivity contribution < 1.29 is 8.78 Å². The van der Waals surface area contributed by atoms with Crippen molar-refractivity contribution in [2.24, 2.45) is 5.41 Å². The Hall–Kier alpha value is -2.05. The molecule has 0 amide bonds. The van der Waals surface area contributed by atoms with E-state index in [1.807, 2.05) is 6.07 Å². The molecule has 2 fully saturated rings. The van der Waals surface area contributed by atoms with E-state index < -0.39 is 11.6 Å². The molecule has 2 aliphatic rings. The molecule has 0 unspecified atom stereocenters. The Morgan fingerprint density at radius 3 is 2.75 bits per heavy atom. The smallest absolute Gasteiger partial charge is 0.186 e. The van der Waals surface area contributed by atoms with Crippen molar-refractivity contribution >= 4 is 26.7 Å². The molecular weight excluding hydrogens is 376 g/mol. The van der Waals surface area contributed by atoms with Crippen molar-refractivity contribution in [3.63, 3.8) is 0 Å². The zero-order chi connectivity index (χ0) is 19.1. The second-order valence-corrected chi connectivity index (χ2v) is 9.21. The molecule has 3 aromatic rings. The summed E-state index contributed by atoms with van der Waals surface area (Å²) in [4.78, 5) is 9.67. The van der Waals surface area contributed by atoms with Gasteiger partial charge in [-0.3, -0.25) is 4.90 Å². The van der Waals surface area contributed by atoms with Gasteiger partial charge >= 0.3 is 0 Å². The largest absolute Gasteiger partial charge is 0.347 e. The van der Waals surface area contributed by atoms with Crippen LogP contribution in [0.3, 0.4) is 0 Å². The lowest BCUT2D eigenvalue weighted by molar-refractivity contribution is 0.0991. The van der Waals surface area contributed by atoms with Crippen LogP contribution in [0.15, 0.2) is 42.5 Å². The number of anilines is 1. The van der Waals surface area contributed by atoms with Gasteiger partial charge in [-0.1, -0.05) is 29.5 Å². The Bertz CT molecular complexity index is 971. The Labute approximate surface area is 167 Å². The van der Waals surface area contributed by atoms with Crippen LogP contribution in [0.2, 0.25) is 0 Å². The molecule has 5 rings (SSSR count). The van der Waals surface area contributed by atoms with Gasteiger partial charge in [0.15, 0.2) is 16.8 Å². The van der Waals surface area contributed by atoms with Gasteiger partial charge in [0.2, 0.25) is 0 Å². The lowest BCUT2D eigenvalue weighted by atomic mass is 9.79. The Kier molecular flexibility index (Phi) is 4.56. The van der Waals surface area contributed by atoms with Crippen molar-refractivity contribution in [1.29, 1.82) is 0 Å². The maximum Gasteiger partial charge on any atom is 0.186 e. The van der Waals surface area contributed by atoms with Gasteiger partial charge in [-0.05, 0) is 55.6 Å². The third kappa shape index (κ3) is 3.40. The number of nitrogens with zero attached hydrogens (tertiary/aromatic N) is 3. The minimum Gasteiger partial charge on any atom is -0.347 e. The number of benzene rings is 2. The lowest BCUT2D eigenvalue weighted by Gasteiger charge is -2.40. The first-order valence-corrected chi connectivity index (χ1v) is 10.7. The molecule has 2 aliphatic heterocycles. The predicted molar refractivity (Wildman–Crippen MR) is 110 cm³/mol. The van der Waals surface area contributed by atoms with Crippen molar-refractivity contribution in [3.8, 4) is 0 Å². The summed E-state index contributed by atoms with van der Waals surface area (Å²) in [6, 6.07) is 12.6. The van der Waals surface area contributed by atoms with E-state index in [2.05, 4.69) is 28.0 Å². The van der Waals surface area contributed by atoms with Gasteiger partial charge in [0.25, 0.3) is 0 Å². The minimum atomic E-state index is -0.777. The molecule has 1 atom stereocenters. The van der Waals surface area contributed by atoms with Crippen LogP contribution in [-0.4, -0.2) is 36.1 Å². The summed E-state index contributed by atoms with van der Waals surface area (Å²) in [6.07, 6.45) is 3.54. The zero-order valence-corrected chi connectivity index (χ0v) is 16.5. The van der Waals surface area contributed by atoms with Crippen molar-refractivity contribution in [3.05, 3.63) is 59.7 Å². The number of rotatable bonds is 3. The summed E-state index contributed by atoms with van der Waals surface area (Å²) in [5.74, 6) is -1.53. The number of aromatic nitrogens is 1. The van der Waals surface area contributed by atoms with E-state index in [1.54, 1.807) is 17.4 Å². The van der Waals surface area contributed by atoms with Crippen LogP contribution >= 0.6 is 11.3 Å². The standard InChI is InChI=1S/C22H23F2N3S/c23-17-7-6-16(12-18(17)24)13-26-10-3-8-22(14-26)9-11-27(15-22)21-25-19-4-1-2-5-20(19)28-21/h1-2,4-7,12H,3,8-11,13-15H2/t22-/m1/s1. The van der Waals surface area contributed by atoms with Crippen LogP contribution in [0, 0.1) is 17.0 Å². The maximum atomic E-state index is 13.5. The highest BCUT2D eigenvalue weighted by atomic mass is 32.1. The molecule has 146 valence electrons. The van der Waals surface area contributed by atoms with Gasteiger partial charge in [0.05, 0.1) is 10.2 Å². The SMILES string of the molecule is Fc1ccc(CN2CCC[C@@]3(CCN(c4nc5ccccc5s4)C3)C2)cc1F. The van der Waals surface area contributed by atoms with Gasteiger partial charge in [0, 0.05) is 31.6 Å². The lowest BCUT2D eigenvalue weighted by Crippen LogP contribution is -2.44. The molecule has 0 N–H and O–H groups in total. The third-order valence-corrected chi connectivity index (χ3v) is 7.22. The van der Waals surface area contributed by atoms with E-state index in [4.69, 9.17) is 4.98 Å². The molecule has 0 saturated carbocycles.